The molecule has 2 aliphatic rings. The number of nitrogens with zero attached hydrogens (tertiary/aromatic N) is 3. The minimum absolute atomic E-state index is 0.0286. The summed E-state index contributed by atoms with van der Waals surface area (Å²) in [7, 11) is 0. The fourth-order valence-corrected chi connectivity index (χ4v) is 4.22. The number of carbonyl (C=O) groups excluding carboxylic acids is 2. The summed E-state index contributed by atoms with van der Waals surface area (Å²) in [4.78, 5) is 31.1. The average molecular weight is 436 g/mol. The third-order valence-electron chi connectivity index (χ3n) is 5.86. The molecule has 0 spiro atoms. The van der Waals surface area contributed by atoms with Crippen molar-refractivity contribution in [1.82, 2.24) is 14.7 Å². The lowest BCUT2D eigenvalue weighted by atomic mass is 10.1. The van der Waals surface area contributed by atoms with Crippen LogP contribution in [0.4, 0.5) is 4.39 Å². The third-order valence-corrected chi connectivity index (χ3v) is 6.15. The predicted octanol–water partition coefficient (Wildman–Crippen LogP) is 3.82. The van der Waals surface area contributed by atoms with Gasteiger partial charge in [0.2, 0.25) is 11.8 Å². The summed E-state index contributed by atoms with van der Waals surface area (Å²) in [5, 5.41) is 0.0286. The lowest BCUT2D eigenvalue weighted by Gasteiger charge is -2.27. The highest BCUT2D eigenvalue weighted by molar-refractivity contribution is 6.30. The lowest BCUT2D eigenvalue weighted by molar-refractivity contribution is -0.130. The lowest BCUT2D eigenvalue weighted by Crippen LogP contribution is -2.36. The Morgan fingerprint density at radius 3 is 2.57 bits per heavy atom. The normalized spacial score (nSPS) is 18.8. The van der Waals surface area contributed by atoms with Crippen molar-refractivity contribution in [3.05, 3.63) is 40.7 Å². The van der Waals surface area contributed by atoms with Crippen molar-refractivity contribution in [2.24, 2.45) is 0 Å². The van der Waals surface area contributed by atoms with Crippen LogP contribution >= 0.6 is 11.6 Å². The number of hydrogen-bond donors (Lipinski definition) is 0. The Hall–Kier alpha value is -1.92. The molecule has 1 aromatic carbocycles. The van der Waals surface area contributed by atoms with Crippen molar-refractivity contribution in [3.63, 3.8) is 0 Å². The van der Waals surface area contributed by atoms with E-state index >= 15 is 0 Å². The first-order valence-corrected chi connectivity index (χ1v) is 11.3. The zero-order valence-electron chi connectivity index (χ0n) is 17.5. The van der Waals surface area contributed by atoms with Gasteiger partial charge in [-0.1, -0.05) is 24.1 Å². The van der Waals surface area contributed by atoms with Gasteiger partial charge in [0, 0.05) is 38.7 Å². The van der Waals surface area contributed by atoms with Gasteiger partial charge in [-0.25, -0.2) is 4.39 Å². The van der Waals surface area contributed by atoms with E-state index < -0.39 is 5.82 Å². The van der Waals surface area contributed by atoms with Gasteiger partial charge in [0.25, 0.3) is 0 Å². The molecule has 7 heteroatoms. The van der Waals surface area contributed by atoms with Crippen LogP contribution in [0.25, 0.3) is 6.08 Å². The summed E-state index contributed by atoms with van der Waals surface area (Å²) in [5.41, 5.74) is 0.663. The van der Waals surface area contributed by atoms with E-state index in [2.05, 4.69) is 4.90 Å². The number of unbranched alkanes of at least 4 members (excludes halogenated alkanes) is 1. The summed E-state index contributed by atoms with van der Waals surface area (Å²) >= 11 is 5.78. The van der Waals surface area contributed by atoms with Crippen LogP contribution < -0.4 is 0 Å². The Balaban J connectivity index is 1.43. The maximum absolute atomic E-state index is 13.2. The van der Waals surface area contributed by atoms with E-state index in [-0.39, 0.29) is 16.8 Å². The van der Waals surface area contributed by atoms with Crippen LogP contribution in [0.3, 0.4) is 0 Å². The molecule has 2 aliphatic heterocycles. The van der Waals surface area contributed by atoms with Crippen molar-refractivity contribution in [2.75, 3.05) is 45.8 Å². The molecule has 164 valence electrons. The number of halogens is 2. The van der Waals surface area contributed by atoms with Crippen LogP contribution in [-0.4, -0.2) is 72.3 Å². The second-order valence-electron chi connectivity index (χ2n) is 8.07. The Bertz CT molecular complexity index is 765. The minimum atomic E-state index is -0.484. The number of rotatable bonds is 7. The summed E-state index contributed by atoms with van der Waals surface area (Å²) in [6.07, 6.45) is 9.50. The summed E-state index contributed by atoms with van der Waals surface area (Å²) in [6.45, 7) is 5.82. The SMILES string of the molecule is O=C(C=Cc1ccc(F)c(Cl)c1)N1CCC(=O)N(CCCCN2CCCCC2)CC1. The van der Waals surface area contributed by atoms with E-state index in [1.165, 1.54) is 50.6 Å². The first kappa shape index (κ1) is 22.8. The summed E-state index contributed by atoms with van der Waals surface area (Å²) in [5.74, 6) is -0.505. The molecule has 3 rings (SSSR count). The molecule has 2 fully saturated rings. The van der Waals surface area contributed by atoms with Crippen LogP contribution in [0, 0.1) is 5.82 Å². The van der Waals surface area contributed by atoms with E-state index in [0.29, 0.717) is 31.6 Å². The van der Waals surface area contributed by atoms with Crippen molar-refractivity contribution in [2.45, 2.75) is 38.5 Å². The Morgan fingerprint density at radius 1 is 1.03 bits per heavy atom. The Morgan fingerprint density at radius 2 is 1.80 bits per heavy atom. The smallest absolute Gasteiger partial charge is 0.246 e. The molecule has 0 radical (unpaired) electrons. The van der Waals surface area contributed by atoms with Gasteiger partial charge in [0.15, 0.2) is 0 Å². The van der Waals surface area contributed by atoms with E-state index in [9.17, 15) is 14.0 Å². The standard InChI is InChI=1S/C23H31ClFN3O2/c24-20-18-19(6-8-21(20)25)7-9-22(29)28-15-10-23(30)27(16-17-28)14-5-4-13-26-11-2-1-3-12-26/h6-9,18H,1-5,10-17H2. The molecule has 0 unspecified atom stereocenters. The number of benzene rings is 1. The average Bonchev–Trinajstić information content (AvgIpc) is 2.94. The monoisotopic (exact) mass is 435 g/mol. The molecule has 2 heterocycles. The zero-order chi connectivity index (χ0) is 21.3. The van der Waals surface area contributed by atoms with Gasteiger partial charge in [-0.15, -0.1) is 0 Å². The van der Waals surface area contributed by atoms with Crippen LogP contribution in [0.2, 0.25) is 5.02 Å². The molecule has 0 N–H and O–H groups in total. The zero-order valence-corrected chi connectivity index (χ0v) is 18.2. The largest absolute Gasteiger partial charge is 0.341 e. The van der Waals surface area contributed by atoms with E-state index in [1.54, 1.807) is 17.0 Å². The third kappa shape index (κ3) is 6.81. The van der Waals surface area contributed by atoms with E-state index in [1.807, 2.05) is 4.90 Å². The molecule has 0 aromatic heterocycles. The van der Waals surface area contributed by atoms with Crippen LogP contribution in [0.1, 0.15) is 44.1 Å². The van der Waals surface area contributed by atoms with Crippen LogP contribution in [0.5, 0.6) is 0 Å². The fraction of sp³-hybridized carbons (Fsp3) is 0.565. The van der Waals surface area contributed by atoms with E-state index in [4.69, 9.17) is 11.6 Å². The molecule has 0 saturated carbocycles. The Kier molecular flexibility index (Phi) is 8.70. The highest BCUT2D eigenvalue weighted by atomic mass is 35.5. The van der Waals surface area contributed by atoms with Crippen LogP contribution in [0.15, 0.2) is 24.3 Å². The van der Waals surface area contributed by atoms with E-state index in [0.717, 1.165) is 25.9 Å². The molecular formula is C23H31ClFN3O2. The number of piperidine rings is 1. The maximum Gasteiger partial charge on any atom is 0.246 e. The van der Waals surface area contributed by atoms with Gasteiger partial charge in [0.05, 0.1) is 5.02 Å². The number of hydrogen-bond acceptors (Lipinski definition) is 3. The van der Waals surface area contributed by atoms with Crippen molar-refractivity contribution < 1.29 is 14.0 Å². The van der Waals surface area contributed by atoms with Crippen molar-refractivity contribution in [3.8, 4) is 0 Å². The first-order chi connectivity index (χ1) is 14.5. The molecule has 30 heavy (non-hydrogen) atoms. The highest BCUT2D eigenvalue weighted by Gasteiger charge is 2.22. The van der Waals surface area contributed by atoms with Gasteiger partial charge in [0.1, 0.15) is 5.82 Å². The van der Waals surface area contributed by atoms with Gasteiger partial charge < -0.3 is 14.7 Å². The molecule has 0 bridgehead atoms. The molecule has 5 nitrogen and oxygen atoms in total. The maximum atomic E-state index is 13.2. The van der Waals surface area contributed by atoms with Crippen molar-refractivity contribution >= 4 is 29.5 Å². The molecule has 0 atom stereocenters. The number of amides is 2. The quantitative estimate of drug-likeness (QED) is 0.483. The first-order valence-electron chi connectivity index (χ1n) is 10.9. The van der Waals surface area contributed by atoms with Crippen molar-refractivity contribution in [1.29, 1.82) is 0 Å². The molecule has 0 aliphatic carbocycles. The van der Waals surface area contributed by atoms with Gasteiger partial charge in [-0.05, 0) is 69.1 Å². The summed E-state index contributed by atoms with van der Waals surface area (Å²) in [6, 6.07) is 4.33. The van der Waals surface area contributed by atoms with Gasteiger partial charge >= 0.3 is 0 Å². The van der Waals surface area contributed by atoms with Gasteiger partial charge in [-0.2, -0.15) is 0 Å². The predicted molar refractivity (Wildman–Crippen MR) is 118 cm³/mol. The van der Waals surface area contributed by atoms with Gasteiger partial charge in [-0.3, -0.25) is 9.59 Å². The second kappa shape index (κ2) is 11.5. The topological polar surface area (TPSA) is 43.9 Å². The number of carbonyl (C=O) groups is 2. The second-order valence-corrected chi connectivity index (χ2v) is 8.48. The van der Waals surface area contributed by atoms with Crippen LogP contribution in [-0.2, 0) is 9.59 Å². The summed E-state index contributed by atoms with van der Waals surface area (Å²) < 4.78 is 13.2. The molecule has 1 aromatic rings. The fourth-order valence-electron chi connectivity index (χ4n) is 4.03. The minimum Gasteiger partial charge on any atom is -0.341 e. The molecular weight excluding hydrogens is 405 g/mol. The highest BCUT2D eigenvalue weighted by Crippen LogP contribution is 2.17. The Labute approximate surface area is 183 Å². The molecule has 2 saturated heterocycles. The molecule has 2 amide bonds. The number of likely N-dealkylation sites (tertiary alicyclic amines) is 1.